The lowest BCUT2D eigenvalue weighted by atomic mass is 10.1. The highest BCUT2D eigenvalue weighted by Gasteiger charge is 2.34. The monoisotopic (exact) mass is 292 g/mol. The molecular formula is C15H20N2O4. The number of hydrogen-bond donors (Lipinski definition) is 2. The van der Waals surface area contributed by atoms with Crippen LogP contribution in [0.15, 0.2) is 18.2 Å². The highest BCUT2D eigenvalue weighted by molar-refractivity contribution is 5.97. The fourth-order valence-corrected chi connectivity index (χ4v) is 2.39. The number of hydrogen-bond acceptors (Lipinski definition) is 4. The average Bonchev–Trinajstić information content (AvgIpc) is 2.81. The van der Waals surface area contributed by atoms with Crippen molar-refractivity contribution in [2.75, 3.05) is 32.1 Å². The van der Waals surface area contributed by atoms with Gasteiger partial charge in [-0.25, -0.2) is 0 Å². The maximum Gasteiger partial charge on any atom is 0.229 e. The molecule has 1 atom stereocenters. The Morgan fingerprint density at radius 1 is 1.52 bits per heavy atom. The molecule has 2 N–H and O–H groups in total. The molecular weight excluding hydrogens is 272 g/mol. The van der Waals surface area contributed by atoms with Crippen LogP contribution in [-0.2, 0) is 14.3 Å². The van der Waals surface area contributed by atoms with Crippen LogP contribution in [0.3, 0.4) is 0 Å². The third-order valence-corrected chi connectivity index (χ3v) is 3.62. The van der Waals surface area contributed by atoms with Crippen LogP contribution in [0.25, 0.3) is 0 Å². The van der Waals surface area contributed by atoms with E-state index in [9.17, 15) is 14.7 Å². The standard InChI is InChI=1S/C15H20N2O4/c1-10-7-12(18)3-4-13(10)16-15(20)11-8-14(19)17(9-11)5-6-21-2/h3-4,7,11,18H,5-6,8-9H2,1-2H3,(H,16,20). The molecule has 2 rings (SSSR count). The first-order valence-electron chi connectivity index (χ1n) is 6.88. The van der Waals surface area contributed by atoms with Crippen molar-refractivity contribution in [3.63, 3.8) is 0 Å². The van der Waals surface area contributed by atoms with Crippen molar-refractivity contribution >= 4 is 17.5 Å². The van der Waals surface area contributed by atoms with Gasteiger partial charge in [0.05, 0.1) is 12.5 Å². The number of phenolic OH excluding ortho intramolecular Hbond substituents is 1. The molecule has 0 spiro atoms. The molecule has 0 radical (unpaired) electrons. The lowest BCUT2D eigenvalue weighted by Gasteiger charge is -2.16. The van der Waals surface area contributed by atoms with Crippen LogP contribution < -0.4 is 5.32 Å². The van der Waals surface area contributed by atoms with Gasteiger partial charge in [-0.3, -0.25) is 9.59 Å². The molecule has 6 nitrogen and oxygen atoms in total. The van der Waals surface area contributed by atoms with Crippen molar-refractivity contribution in [3.05, 3.63) is 23.8 Å². The topological polar surface area (TPSA) is 78.9 Å². The van der Waals surface area contributed by atoms with Gasteiger partial charge < -0.3 is 20.1 Å². The van der Waals surface area contributed by atoms with E-state index in [0.29, 0.717) is 25.4 Å². The fraction of sp³-hybridized carbons (Fsp3) is 0.467. The van der Waals surface area contributed by atoms with Gasteiger partial charge in [0.2, 0.25) is 11.8 Å². The second-order valence-corrected chi connectivity index (χ2v) is 5.22. The van der Waals surface area contributed by atoms with Gasteiger partial charge in [-0.15, -0.1) is 0 Å². The summed E-state index contributed by atoms with van der Waals surface area (Å²) in [5, 5.41) is 12.2. The molecule has 0 aliphatic carbocycles. The zero-order valence-electron chi connectivity index (χ0n) is 12.3. The van der Waals surface area contributed by atoms with E-state index < -0.39 is 0 Å². The van der Waals surface area contributed by atoms with Gasteiger partial charge in [-0.2, -0.15) is 0 Å². The average molecular weight is 292 g/mol. The number of nitrogens with zero attached hydrogens (tertiary/aromatic N) is 1. The Morgan fingerprint density at radius 2 is 2.29 bits per heavy atom. The zero-order valence-corrected chi connectivity index (χ0v) is 12.3. The zero-order chi connectivity index (χ0) is 15.4. The van der Waals surface area contributed by atoms with Crippen LogP contribution in [0.2, 0.25) is 0 Å². The first-order chi connectivity index (χ1) is 10.0. The number of methoxy groups -OCH3 is 1. The van der Waals surface area contributed by atoms with Gasteiger partial charge >= 0.3 is 0 Å². The number of ether oxygens (including phenoxy) is 1. The molecule has 2 amide bonds. The van der Waals surface area contributed by atoms with Crippen molar-refractivity contribution in [3.8, 4) is 5.75 Å². The summed E-state index contributed by atoms with van der Waals surface area (Å²) in [4.78, 5) is 25.7. The largest absolute Gasteiger partial charge is 0.508 e. The number of likely N-dealkylation sites (tertiary alicyclic amines) is 1. The Balaban J connectivity index is 1.96. The maximum absolute atomic E-state index is 12.2. The van der Waals surface area contributed by atoms with Crippen LogP contribution in [0.4, 0.5) is 5.69 Å². The molecule has 0 aromatic heterocycles. The molecule has 1 aliphatic heterocycles. The van der Waals surface area contributed by atoms with E-state index in [4.69, 9.17) is 4.74 Å². The van der Waals surface area contributed by atoms with Gasteiger partial charge in [0.15, 0.2) is 0 Å². The number of anilines is 1. The van der Waals surface area contributed by atoms with Gasteiger partial charge in [-0.1, -0.05) is 0 Å². The first kappa shape index (κ1) is 15.3. The molecule has 21 heavy (non-hydrogen) atoms. The quantitative estimate of drug-likeness (QED) is 0.798. The number of aryl methyl sites for hydroxylation is 1. The van der Waals surface area contributed by atoms with Crippen molar-refractivity contribution in [2.45, 2.75) is 13.3 Å². The molecule has 1 unspecified atom stereocenters. The van der Waals surface area contributed by atoms with Crippen LogP contribution >= 0.6 is 0 Å². The molecule has 1 aromatic rings. The smallest absolute Gasteiger partial charge is 0.229 e. The van der Waals surface area contributed by atoms with Crippen LogP contribution in [0, 0.1) is 12.8 Å². The van der Waals surface area contributed by atoms with E-state index >= 15 is 0 Å². The Bertz CT molecular complexity index is 544. The number of aromatic hydroxyl groups is 1. The third kappa shape index (κ3) is 3.72. The molecule has 1 aromatic carbocycles. The summed E-state index contributed by atoms with van der Waals surface area (Å²) in [6.45, 7) is 3.21. The summed E-state index contributed by atoms with van der Waals surface area (Å²) in [5.41, 5.74) is 1.43. The summed E-state index contributed by atoms with van der Waals surface area (Å²) in [6, 6.07) is 4.76. The lowest BCUT2D eigenvalue weighted by molar-refractivity contribution is -0.128. The summed E-state index contributed by atoms with van der Waals surface area (Å²) in [6.07, 6.45) is 0.229. The molecule has 114 valence electrons. The van der Waals surface area contributed by atoms with E-state index in [0.717, 1.165) is 5.56 Å². The molecule has 1 heterocycles. The molecule has 0 bridgehead atoms. The van der Waals surface area contributed by atoms with Crippen molar-refractivity contribution in [2.24, 2.45) is 5.92 Å². The van der Waals surface area contributed by atoms with Crippen LogP contribution in [0.5, 0.6) is 5.75 Å². The van der Waals surface area contributed by atoms with Crippen molar-refractivity contribution in [1.29, 1.82) is 0 Å². The summed E-state index contributed by atoms with van der Waals surface area (Å²) in [7, 11) is 1.58. The fourth-order valence-electron chi connectivity index (χ4n) is 2.39. The number of amides is 2. The molecule has 1 fully saturated rings. The number of nitrogens with one attached hydrogen (secondary N) is 1. The van der Waals surface area contributed by atoms with Crippen LogP contribution in [0.1, 0.15) is 12.0 Å². The summed E-state index contributed by atoms with van der Waals surface area (Å²) in [5.74, 6) is -0.374. The summed E-state index contributed by atoms with van der Waals surface area (Å²) >= 11 is 0. The van der Waals surface area contributed by atoms with Gasteiger partial charge in [-0.05, 0) is 30.7 Å². The first-order valence-corrected chi connectivity index (χ1v) is 6.88. The van der Waals surface area contributed by atoms with E-state index in [-0.39, 0.29) is 29.9 Å². The second-order valence-electron chi connectivity index (χ2n) is 5.22. The molecule has 1 aliphatic rings. The minimum atomic E-state index is -0.345. The van der Waals surface area contributed by atoms with E-state index in [1.165, 1.54) is 6.07 Å². The Morgan fingerprint density at radius 3 is 2.95 bits per heavy atom. The summed E-state index contributed by atoms with van der Waals surface area (Å²) < 4.78 is 4.95. The second kappa shape index (κ2) is 6.58. The van der Waals surface area contributed by atoms with Gasteiger partial charge in [0, 0.05) is 32.3 Å². The number of carbonyl (C=O) groups excluding carboxylic acids is 2. The van der Waals surface area contributed by atoms with E-state index in [1.807, 2.05) is 0 Å². The number of benzene rings is 1. The normalized spacial score (nSPS) is 18.1. The van der Waals surface area contributed by atoms with Gasteiger partial charge in [0.25, 0.3) is 0 Å². The third-order valence-electron chi connectivity index (χ3n) is 3.62. The predicted molar refractivity (Wildman–Crippen MR) is 78.0 cm³/mol. The Hall–Kier alpha value is -2.08. The van der Waals surface area contributed by atoms with Gasteiger partial charge in [0.1, 0.15) is 5.75 Å². The minimum absolute atomic E-state index is 0.0189. The van der Waals surface area contributed by atoms with Crippen molar-refractivity contribution < 1.29 is 19.4 Å². The molecule has 0 saturated carbocycles. The predicted octanol–water partition coefficient (Wildman–Crippen LogP) is 1.13. The van der Waals surface area contributed by atoms with E-state index in [1.54, 1.807) is 31.1 Å². The van der Waals surface area contributed by atoms with Crippen molar-refractivity contribution in [1.82, 2.24) is 4.90 Å². The van der Waals surface area contributed by atoms with Crippen LogP contribution in [-0.4, -0.2) is 48.6 Å². The number of rotatable bonds is 5. The molecule has 6 heteroatoms. The highest BCUT2D eigenvalue weighted by atomic mass is 16.5. The number of carbonyl (C=O) groups is 2. The SMILES string of the molecule is COCCN1CC(C(=O)Nc2ccc(O)cc2C)CC1=O. The Kier molecular flexibility index (Phi) is 4.80. The molecule has 1 saturated heterocycles. The lowest BCUT2D eigenvalue weighted by Crippen LogP contribution is -2.30. The minimum Gasteiger partial charge on any atom is -0.508 e. The number of phenols is 1. The highest BCUT2D eigenvalue weighted by Crippen LogP contribution is 2.23. The maximum atomic E-state index is 12.2. The Labute approximate surface area is 123 Å². The van der Waals surface area contributed by atoms with E-state index in [2.05, 4.69) is 5.32 Å².